The molecule has 0 aromatic rings. The molecular weight excluding hydrogens is 248 g/mol. The summed E-state index contributed by atoms with van der Waals surface area (Å²) in [4.78, 5) is 2.31. The van der Waals surface area contributed by atoms with Crippen LogP contribution in [0.5, 0.6) is 0 Å². The molecule has 2 N–H and O–H groups in total. The minimum atomic E-state index is -2.89. The lowest BCUT2D eigenvalue weighted by Gasteiger charge is -2.46. The van der Waals surface area contributed by atoms with Gasteiger partial charge in [0.25, 0.3) is 0 Å². The van der Waals surface area contributed by atoms with Gasteiger partial charge in [-0.3, -0.25) is 4.90 Å². The van der Waals surface area contributed by atoms with E-state index in [0.717, 1.165) is 0 Å². The van der Waals surface area contributed by atoms with Gasteiger partial charge < -0.3 is 5.73 Å². The Morgan fingerprint density at radius 3 is 2.50 bits per heavy atom. The minimum Gasteiger partial charge on any atom is -0.329 e. The van der Waals surface area contributed by atoms with E-state index in [4.69, 9.17) is 5.73 Å². The summed E-state index contributed by atoms with van der Waals surface area (Å²) in [5, 5.41) is 0. The molecule has 2 aliphatic rings. The van der Waals surface area contributed by atoms with Crippen LogP contribution in [0.4, 0.5) is 0 Å². The Balaban J connectivity index is 2.17. The van der Waals surface area contributed by atoms with Crippen molar-refractivity contribution in [3.8, 4) is 0 Å². The third kappa shape index (κ3) is 2.58. The molecule has 1 aliphatic carbocycles. The molecule has 1 saturated heterocycles. The van der Waals surface area contributed by atoms with Gasteiger partial charge in [0.2, 0.25) is 0 Å². The molecular formula is C13H26N2O2S. The highest BCUT2D eigenvalue weighted by Crippen LogP contribution is 2.35. The van der Waals surface area contributed by atoms with Crippen LogP contribution in [0.1, 0.15) is 39.0 Å². The third-order valence-electron chi connectivity index (χ3n) is 5.06. The van der Waals surface area contributed by atoms with Crippen LogP contribution in [0.15, 0.2) is 0 Å². The van der Waals surface area contributed by atoms with Gasteiger partial charge in [-0.15, -0.1) is 0 Å². The maximum absolute atomic E-state index is 11.8. The highest BCUT2D eigenvalue weighted by molar-refractivity contribution is 7.91. The number of sulfone groups is 1. The topological polar surface area (TPSA) is 63.4 Å². The van der Waals surface area contributed by atoms with Crippen molar-refractivity contribution in [2.24, 2.45) is 11.7 Å². The fourth-order valence-corrected chi connectivity index (χ4v) is 5.83. The quantitative estimate of drug-likeness (QED) is 0.834. The van der Waals surface area contributed by atoms with Crippen LogP contribution in [-0.2, 0) is 9.84 Å². The predicted octanol–water partition coefficient (Wildman–Crippen LogP) is 1.01. The van der Waals surface area contributed by atoms with E-state index in [1.165, 1.54) is 25.7 Å². The highest BCUT2D eigenvalue weighted by Gasteiger charge is 2.47. The monoisotopic (exact) mass is 274 g/mol. The number of nitrogens with zero attached hydrogens (tertiary/aromatic N) is 1. The van der Waals surface area contributed by atoms with E-state index in [1.54, 1.807) is 0 Å². The van der Waals surface area contributed by atoms with Crippen LogP contribution in [0.2, 0.25) is 0 Å². The zero-order chi connectivity index (χ0) is 13.4. The molecule has 18 heavy (non-hydrogen) atoms. The van der Waals surface area contributed by atoms with Gasteiger partial charge in [-0.25, -0.2) is 8.42 Å². The van der Waals surface area contributed by atoms with Gasteiger partial charge >= 0.3 is 0 Å². The molecule has 0 radical (unpaired) electrons. The van der Waals surface area contributed by atoms with Gasteiger partial charge in [0, 0.05) is 18.1 Å². The lowest BCUT2D eigenvalue weighted by Crippen LogP contribution is -2.58. The van der Waals surface area contributed by atoms with Gasteiger partial charge in [0.15, 0.2) is 9.84 Å². The van der Waals surface area contributed by atoms with Crippen LogP contribution in [0.3, 0.4) is 0 Å². The molecule has 2 rings (SSSR count). The smallest absolute Gasteiger partial charge is 0.152 e. The van der Waals surface area contributed by atoms with Crippen molar-refractivity contribution in [2.75, 3.05) is 25.1 Å². The summed E-state index contributed by atoms with van der Waals surface area (Å²) in [5.41, 5.74) is 5.63. The second-order valence-corrected chi connectivity index (χ2v) is 8.39. The first-order valence-electron chi connectivity index (χ1n) is 7.04. The Hall–Kier alpha value is -0.130. The van der Waals surface area contributed by atoms with E-state index in [2.05, 4.69) is 18.9 Å². The zero-order valence-electron chi connectivity index (χ0n) is 11.6. The number of hydrogen-bond donors (Lipinski definition) is 1. The van der Waals surface area contributed by atoms with Crippen molar-refractivity contribution < 1.29 is 8.42 Å². The van der Waals surface area contributed by atoms with Crippen molar-refractivity contribution in [3.63, 3.8) is 0 Å². The molecule has 2 fully saturated rings. The number of rotatable bonds is 3. The Kier molecular flexibility index (Phi) is 4.04. The van der Waals surface area contributed by atoms with E-state index in [0.29, 0.717) is 30.7 Å². The van der Waals surface area contributed by atoms with E-state index >= 15 is 0 Å². The molecule has 1 heterocycles. The molecule has 0 spiro atoms. The fraction of sp³-hybridized carbons (Fsp3) is 1.00. The highest BCUT2D eigenvalue weighted by atomic mass is 32.2. The minimum absolute atomic E-state index is 0.246. The van der Waals surface area contributed by atoms with Crippen molar-refractivity contribution in [1.29, 1.82) is 0 Å². The third-order valence-corrected chi connectivity index (χ3v) is 6.86. The molecule has 0 aromatic heterocycles. The molecule has 3 atom stereocenters. The fourth-order valence-electron chi connectivity index (χ4n) is 3.71. The molecule has 5 heteroatoms. The molecule has 1 aliphatic heterocycles. The summed E-state index contributed by atoms with van der Waals surface area (Å²) in [6.45, 7) is 2.74. The molecule has 1 saturated carbocycles. The first-order chi connectivity index (χ1) is 8.40. The SMILES string of the molecule is CC1CCCCC1N(C)C1(CN)CCS(=O)(=O)C1. The average molecular weight is 274 g/mol. The summed E-state index contributed by atoms with van der Waals surface area (Å²) in [6.07, 6.45) is 5.69. The van der Waals surface area contributed by atoms with Crippen molar-refractivity contribution in [2.45, 2.75) is 50.6 Å². The lowest BCUT2D eigenvalue weighted by atomic mass is 9.82. The van der Waals surface area contributed by atoms with Crippen LogP contribution >= 0.6 is 0 Å². The standard InChI is InChI=1S/C13H26N2O2S/c1-11-5-3-4-6-12(11)15(2)13(9-14)7-8-18(16,17)10-13/h11-12H,3-10,14H2,1-2H3. The Labute approximate surface area is 111 Å². The van der Waals surface area contributed by atoms with Crippen molar-refractivity contribution in [3.05, 3.63) is 0 Å². The van der Waals surface area contributed by atoms with Crippen LogP contribution in [0, 0.1) is 5.92 Å². The largest absolute Gasteiger partial charge is 0.329 e. The summed E-state index contributed by atoms with van der Waals surface area (Å²) < 4.78 is 23.6. The Bertz CT molecular complexity index is 396. The maximum atomic E-state index is 11.8. The van der Waals surface area contributed by atoms with Gasteiger partial charge in [-0.05, 0) is 32.2 Å². The van der Waals surface area contributed by atoms with E-state index in [-0.39, 0.29) is 11.3 Å². The molecule has 3 unspecified atom stereocenters. The van der Waals surface area contributed by atoms with Gasteiger partial charge in [0.1, 0.15) is 0 Å². The van der Waals surface area contributed by atoms with E-state index in [1.807, 2.05) is 0 Å². The number of likely N-dealkylation sites (N-methyl/N-ethyl adjacent to an activating group) is 1. The summed E-state index contributed by atoms with van der Waals surface area (Å²) in [5.74, 6) is 1.20. The Morgan fingerprint density at radius 2 is 2.00 bits per heavy atom. The molecule has 4 nitrogen and oxygen atoms in total. The van der Waals surface area contributed by atoms with Crippen LogP contribution in [-0.4, -0.2) is 50.0 Å². The summed E-state index contributed by atoms with van der Waals surface area (Å²) in [6, 6.07) is 0.496. The lowest BCUT2D eigenvalue weighted by molar-refractivity contribution is 0.0464. The molecule has 0 bridgehead atoms. The number of hydrogen-bond acceptors (Lipinski definition) is 4. The van der Waals surface area contributed by atoms with Crippen molar-refractivity contribution in [1.82, 2.24) is 4.90 Å². The van der Waals surface area contributed by atoms with E-state index in [9.17, 15) is 8.42 Å². The van der Waals surface area contributed by atoms with Gasteiger partial charge in [-0.2, -0.15) is 0 Å². The Morgan fingerprint density at radius 1 is 1.33 bits per heavy atom. The average Bonchev–Trinajstić information content (AvgIpc) is 2.66. The predicted molar refractivity (Wildman–Crippen MR) is 74.2 cm³/mol. The molecule has 0 amide bonds. The second-order valence-electron chi connectivity index (χ2n) is 6.21. The summed E-state index contributed by atoms with van der Waals surface area (Å²) >= 11 is 0. The maximum Gasteiger partial charge on any atom is 0.152 e. The molecule has 0 aromatic carbocycles. The van der Waals surface area contributed by atoms with Crippen LogP contribution in [0.25, 0.3) is 0 Å². The normalized spacial score (nSPS) is 40.2. The first kappa shape index (κ1) is 14.3. The van der Waals surface area contributed by atoms with Gasteiger partial charge in [0.05, 0.1) is 11.5 Å². The number of nitrogens with two attached hydrogens (primary N) is 1. The van der Waals surface area contributed by atoms with E-state index < -0.39 is 9.84 Å². The zero-order valence-corrected chi connectivity index (χ0v) is 12.4. The molecule has 106 valence electrons. The van der Waals surface area contributed by atoms with Gasteiger partial charge in [-0.1, -0.05) is 19.8 Å². The second kappa shape index (κ2) is 5.10. The first-order valence-corrected chi connectivity index (χ1v) is 8.86. The van der Waals surface area contributed by atoms with Crippen molar-refractivity contribution >= 4 is 9.84 Å². The van der Waals surface area contributed by atoms with Crippen LogP contribution < -0.4 is 5.73 Å². The summed E-state index contributed by atoms with van der Waals surface area (Å²) in [7, 11) is -0.805.